The van der Waals surface area contributed by atoms with E-state index >= 15 is 0 Å². The molecule has 4 heterocycles. The van der Waals surface area contributed by atoms with Crippen molar-refractivity contribution in [3.05, 3.63) is 71.8 Å². The van der Waals surface area contributed by atoms with Crippen LogP contribution in [0.4, 0.5) is 0 Å². The molecule has 8 heteroatoms. The van der Waals surface area contributed by atoms with E-state index in [2.05, 4.69) is 38.9 Å². The summed E-state index contributed by atoms with van der Waals surface area (Å²) in [4.78, 5) is 27.3. The molecule has 2 aromatic heterocycles. The third kappa shape index (κ3) is 6.21. The number of carbonyl (C=O) groups is 1. The van der Waals surface area contributed by atoms with Crippen LogP contribution in [0.5, 0.6) is 5.75 Å². The summed E-state index contributed by atoms with van der Waals surface area (Å²) in [6.07, 6.45) is 6.37. The van der Waals surface area contributed by atoms with Crippen LogP contribution in [0, 0.1) is 0 Å². The van der Waals surface area contributed by atoms with Crippen LogP contribution >= 0.6 is 0 Å². The highest BCUT2D eigenvalue weighted by molar-refractivity contribution is 5.87. The number of benzene rings is 1. The molecule has 0 spiro atoms. The van der Waals surface area contributed by atoms with Crippen molar-refractivity contribution < 1.29 is 19.0 Å². The minimum atomic E-state index is -0.308. The van der Waals surface area contributed by atoms with Gasteiger partial charge in [-0.15, -0.1) is 0 Å². The Morgan fingerprint density at radius 3 is 2.69 bits per heavy atom. The minimum absolute atomic E-state index is 0.131. The Morgan fingerprint density at radius 2 is 1.91 bits per heavy atom. The van der Waals surface area contributed by atoms with Gasteiger partial charge in [0.2, 0.25) is 6.10 Å². The van der Waals surface area contributed by atoms with E-state index in [9.17, 15) is 4.79 Å². The maximum Gasteiger partial charge on any atom is 0.348 e. The lowest BCUT2D eigenvalue weighted by atomic mass is 9.92. The maximum absolute atomic E-state index is 11.3. The first-order valence-electron chi connectivity index (χ1n) is 12.1. The highest BCUT2D eigenvalue weighted by Crippen LogP contribution is 2.27. The van der Waals surface area contributed by atoms with E-state index in [4.69, 9.17) is 14.2 Å². The Hall–Kier alpha value is -3.36. The predicted octanol–water partition coefficient (Wildman–Crippen LogP) is 3.06. The molecule has 0 N–H and O–H groups in total. The number of aromatic nitrogens is 3. The lowest BCUT2D eigenvalue weighted by Crippen LogP contribution is -2.38. The van der Waals surface area contributed by atoms with E-state index in [1.165, 1.54) is 5.56 Å². The SMILES string of the molecule is CC(Cc1cccc(-c2ncc(OCCN3CCOCC3)cn2)c1)c1ncccc1CC1OC1=O. The fraction of sp³-hybridized carbons (Fsp3) is 0.407. The lowest BCUT2D eigenvalue weighted by Gasteiger charge is -2.26. The van der Waals surface area contributed by atoms with Crippen LogP contribution in [0.25, 0.3) is 11.4 Å². The second-order valence-electron chi connectivity index (χ2n) is 9.03. The number of carbonyl (C=O) groups excluding carboxylic acids is 1. The van der Waals surface area contributed by atoms with Crippen LogP contribution in [0.2, 0.25) is 0 Å². The van der Waals surface area contributed by atoms with E-state index in [1.54, 1.807) is 18.6 Å². The van der Waals surface area contributed by atoms with Gasteiger partial charge in [-0.25, -0.2) is 14.8 Å². The zero-order valence-corrected chi connectivity index (χ0v) is 19.9. The summed E-state index contributed by atoms with van der Waals surface area (Å²) in [5.74, 6) is 1.41. The largest absolute Gasteiger partial charge is 0.489 e. The molecular weight excluding hydrogens is 444 g/mol. The second-order valence-corrected chi connectivity index (χ2v) is 9.03. The normalized spacial score (nSPS) is 18.7. The molecule has 2 fully saturated rings. The van der Waals surface area contributed by atoms with Crippen LogP contribution in [-0.2, 0) is 27.1 Å². The molecule has 2 unspecified atom stereocenters. The molecular formula is C27H30N4O4. The molecule has 0 saturated carbocycles. The molecule has 5 rings (SSSR count). The number of hydrogen-bond donors (Lipinski definition) is 0. The number of ether oxygens (including phenoxy) is 3. The topological polar surface area (TPSA) is 90.0 Å². The number of hydrogen-bond acceptors (Lipinski definition) is 8. The molecule has 8 nitrogen and oxygen atoms in total. The molecule has 3 aromatic rings. The highest BCUT2D eigenvalue weighted by atomic mass is 16.6. The Morgan fingerprint density at radius 1 is 1.11 bits per heavy atom. The van der Waals surface area contributed by atoms with E-state index < -0.39 is 0 Å². The van der Waals surface area contributed by atoms with E-state index in [0.29, 0.717) is 24.6 Å². The predicted molar refractivity (Wildman–Crippen MR) is 130 cm³/mol. The number of nitrogens with zero attached hydrogens (tertiary/aromatic N) is 4. The third-order valence-corrected chi connectivity index (χ3v) is 6.40. The van der Waals surface area contributed by atoms with Gasteiger partial charge in [0.05, 0.1) is 25.6 Å². The standard InChI is InChI=1S/C27H30N4O4/c1-19(25-21(6-3-7-28-25)16-24-27(32)35-24)14-20-4-2-5-22(15-20)26-29-17-23(18-30-26)34-13-10-31-8-11-33-12-9-31/h2-7,15,17-19,24H,8-14,16H2,1H3. The van der Waals surface area contributed by atoms with Crippen molar-refractivity contribution in [1.82, 2.24) is 19.9 Å². The molecule has 2 aliphatic heterocycles. The molecule has 35 heavy (non-hydrogen) atoms. The number of rotatable bonds is 10. The van der Waals surface area contributed by atoms with Crippen molar-refractivity contribution >= 4 is 5.97 Å². The lowest BCUT2D eigenvalue weighted by molar-refractivity contribution is -0.117. The van der Waals surface area contributed by atoms with Crippen LogP contribution in [0.1, 0.15) is 29.7 Å². The third-order valence-electron chi connectivity index (χ3n) is 6.40. The van der Waals surface area contributed by atoms with Gasteiger partial charge in [-0.1, -0.05) is 31.2 Å². The molecule has 2 atom stereocenters. The maximum atomic E-state index is 11.3. The molecule has 2 aliphatic rings. The smallest absolute Gasteiger partial charge is 0.348 e. The summed E-state index contributed by atoms with van der Waals surface area (Å²) in [7, 11) is 0. The summed E-state index contributed by atoms with van der Waals surface area (Å²) in [6.45, 7) is 7.10. The van der Waals surface area contributed by atoms with Gasteiger partial charge in [0.1, 0.15) is 6.61 Å². The summed E-state index contributed by atoms with van der Waals surface area (Å²) in [5.41, 5.74) is 4.23. The van der Waals surface area contributed by atoms with Gasteiger partial charge in [0.25, 0.3) is 0 Å². The van der Waals surface area contributed by atoms with Crippen LogP contribution in [0.15, 0.2) is 55.0 Å². The van der Waals surface area contributed by atoms with Gasteiger partial charge in [-0.05, 0) is 29.7 Å². The number of epoxide rings is 1. The van der Waals surface area contributed by atoms with Gasteiger partial charge >= 0.3 is 5.97 Å². The van der Waals surface area contributed by atoms with Gasteiger partial charge in [-0.3, -0.25) is 9.88 Å². The van der Waals surface area contributed by atoms with E-state index in [1.807, 2.05) is 24.3 Å². The second kappa shape index (κ2) is 10.9. The molecule has 182 valence electrons. The zero-order valence-electron chi connectivity index (χ0n) is 19.9. The van der Waals surface area contributed by atoms with Crippen molar-refractivity contribution in [3.8, 4) is 17.1 Å². The van der Waals surface area contributed by atoms with Crippen molar-refractivity contribution in [1.29, 1.82) is 0 Å². The van der Waals surface area contributed by atoms with E-state index in [0.717, 1.165) is 56.1 Å². The molecule has 0 bridgehead atoms. The van der Waals surface area contributed by atoms with Gasteiger partial charge in [0, 0.05) is 49.4 Å². The number of pyridine rings is 1. The Balaban J connectivity index is 1.19. The average molecular weight is 475 g/mol. The summed E-state index contributed by atoms with van der Waals surface area (Å²) in [6, 6.07) is 12.2. The quantitative estimate of drug-likeness (QED) is 0.414. The van der Waals surface area contributed by atoms with Crippen molar-refractivity contribution in [3.63, 3.8) is 0 Å². The first-order valence-corrected chi connectivity index (χ1v) is 12.1. The first kappa shape index (κ1) is 23.4. The molecule has 2 saturated heterocycles. The molecule has 0 radical (unpaired) electrons. The molecule has 0 aliphatic carbocycles. The Bertz CT molecular complexity index is 1150. The summed E-state index contributed by atoms with van der Waals surface area (Å²) in [5, 5.41) is 0. The average Bonchev–Trinajstić information content (AvgIpc) is 3.59. The number of morpholine rings is 1. The Labute approximate surface area is 205 Å². The number of cyclic esters (lactones) is 1. The minimum Gasteiger partial charge on any atom is -0.489 e. The van der Waals surface area contributed by atoms with Crippen LogP contribution in [0.3, 0.4) is 0 Å². The Kier molecular flexibility index (Phi) is 7.30. The highest BCUT2D eigenvalue weighted by Gasteiger charge is 2.38. The van der Waals surface area contributed by atoms with Gasteiger partial charge < -0.3 is 14.2 Å². The van der Waals surface area contributed by atoms with Gasteiger partial charge in [-0.2, -0.15) is 0 Å². The summed E-state index contributed by atoms with van der Waals surface area (Å²) >= 11 is 0. The van der Waals surface area contributed by atoms with Gasteiger partial charge in [0.15, 0.2) is 11.6 Å². The zero-order chi connectivity index (χ0) is 24.0. The first-order chi connectivity index (χ1) is 17.2. The van der Waals surface area contributed by atoms with Crippen molar-refractivity contribution in [2.75, 3.05) is 39.5 Å². The molecule has 0 amide bonds. The van der Waals surface area contributed by atoms with Crippen LogP contribution in [-0.4, -0.2) is 71.4 Å². The van der Waals surface area contributed by atoms with Crippen molar-refractivity contribution in [2.45, 2.75) is 31.8 Å². The van der Waals surface area contributed by atoms with Crippen LogP contribution < -0.4 is 4.74 Å². The fourth-order valence-electron chi connectivity index (χ4n) is 4.44. The fourth-order valence-corrected chi connectivity index (χ4v) is 4.44. The summed E-state index contributed by atoms with van der Waals surface area (Å²) < 4.78 is 16.2. The monoisotopic (exact) mass is 474 g/mol. The molecule has 1 aromatic carbocycles. The van der Waals surface area contributed by atoms with E-state index in [-0.39, 0.29) is 18.0 Å². The van der Waals surface area contributed by atoms with Crippen molar-refractivity contribution in [2.24, 2.45) is 0 Å².